The summed E-state index contributed by atoms with van der Waals surface area (Å²) in [5.74, 6) is 0.542. The first-order valence-corrected chi connectivity index (χ1v) is 10.1. The van der Waals surface area contributed by atoms with Crippen LogP contribution in [0.2, 0.25) is 0 Å². The Kier molecular flexibility index (Phi) is 5.84. The molecule has 0 radical (unpaired) electrons. The van der Waals surface area contributed by atoms with Gasteiger partial charge in [-0.25, -0.2) is 9.50 Å². The van der Waals surface area contributed by atoms with Gasteiger partial charge in [0.05, 0.1) is 18.7 Å². The third-order valence-corrected chi connectivity index (χ3v) is 4.97. The van der Waals surface area contributed by atoms with Crippen LogP contribution >= 0.6 is 0 Å². The van der Waals surface area contributed by atoms with E-state index < -0.39 is 0 Å². The third-order valence-electron chi connectivity index (χ3n) is 4.97. The quantitative estimate of drug-likeness (QED) is 0.453. The van der Waals surface area contributed by atoms with Gasteiger partial charge in [0.2, 0.25) is 5.91 Å². The van der Waals surface area contributed by atoms with E-state index in [1.165, 1.54) is 10.6 Å². The van der Waals surface area contributed by atoms with Crippen molar-refractivity contribution >= 4 is 11.6 Å². The molecule has 7 heteroatoms. The normalized spacial score (nSPS) is 10.9. The average Bonchev–Trinajstić information content (AvgIpc) is 3.09. The lowest BCUT2D eigenvalue weighted by Crippen LogP contribution is -2.30. The third kappa shape index (κ3) is 4.66. The minimum Gasteiger partial charge on any atom is -0.492 e. The predicted octanol–water partition coefficient (Wildman–Crippen LogP) is 3.04. The Hall–Kier alpha value is -3.87. The molecule has 158 valence electrons. The molecule has 2 aromatic heterocycles. The maximum atomic E-state index is 12.6. The van der Waals surface area contributed by atoms with Gasteiger partial charge in [0.1, 0.15) is 12.4 Å². The van der Waals surface area contributed by atoms with Gasteiger partial charge in [-0.1, -0.05) is 48.0 Å². The van der Waals surface area contributed by atoms with Crippen LogP contribution in [0.4, 0.5) is 0 Å². The summed E-state index contributed by atoms with van der Waals surface area (Å²) in [6.45, 7) is 4.66. The lowest BCUT2D eigenvalue weighted by Gasteiger charge is -2.08. The zero-order valence-corrected chi connectivity index (χ0v) is 17.5. The molecule has 0 spiro atoms. The van der Waals surface area contributed by atoms with Crippen molar-refractivity contribution in [1.82, 2.24) is 19.9 Å². The van der Waals surface area contributed by atoms with E-state index in [9.17, 15) is 9.59 Å². The van der Waals surface area contributed by atoms with Crippen molar-refractivity contribution in [3.8, 4) is 16.9 Å². The van der Waals surface area contributed by atoms with Gasteiger partial charge in [-0.3, -0.25) is 14.7 Å². The molecule has 0 aliphatic rings. The van der Waals surface area contributed by atoms with Crippen molar-refractivity contribution in [3.63, 3.8) is 0 Å². The molecular weight excluding hydrogens is 392 g/mol. The molecule has 0 saturated heterocycles. The summed E-state index contributed by atoms with van der Waals surface area (Å²) in [7, 11) is 0. The average molecular weight is 416 g/mol. The monoisotopic (exact) mass is 416 g/mol. The molecule has 4 aromatic rings. The number of amides is 1. The van der Waals surface area contributed by atoms with E-state index in [-0.39, 0.29) is 17.9 Å². The van der Waals surface area contributed by atoms with E-state index in [1.54, 1.807) is 0 Å². The fourth-order valence-corrected chi connectivity index (χ4v) is 3.46. The largest absolute Gasteiger partial charge is 0.492 e. The van der Waals surface area contributed by atoms with Gasteiger partial charge in [-0.15, -0.1) is 0 Å². The van der Waals surface area contributed by atoms with Crippen molar-refractivity contribution in [2.24, 2.45) is 0 Å². The molecule has 7 nitrogen and oxygen atoms in total. The minimum atomic E-state index is -0.248. The predicted molar refractivity (Wildman–Crippen MR) is 119 cm³/mol. The molecule has 0 bridgehead atoms. The summed E-state index contributed by atoms with van der Waals surface area (Å²) in [4.78, 5) is 29.5. The highest BCUT2D eigenvalue weighted by Crippen LogP contribution is 2.26. The molecule has 1 amide bonds. The Morgan fingerprint density at radius 1 is 1.10 bits per heavy atom. The fraction of sp³-hybridized carbons (Fsp3) is 0.208. The molecule has 0 saturated carbocycles. The molecule has 2 N–H and O–H groups in total. The summed E-state index contributed by atoms with van der Waals surface area (Å²) >= 11 is 0. The van der Waals surface area contributed by atoms with Gasteiger partial charge >= 0.3 is 0 Å². The number of rotatable bonds is 7. The standard InChI is InChI=1S/C24H24N4O3/c1-16-8-10-18(11-9-16)23-17(2)27-28-22(30)15-19(26-24(23)28)14-21(29)25-12-13-31-20-6-4-3-5-7-20/h3-11,15,27H,12-14H2,1-2H3,(H,25,29). The van der Waals surface area contributed by atoms with Crippen LogP contribution in [0.15, 0.2) is 65.5 Å². The first-order chi connectivity index (χ1) is 15.0. The van der Waals surface area contributed by atoms with Gasteiger partial charge < -0.3 is 10.1 Å². The van der Waals surface area contributed by atoms with Crippen molar-refractivity contribution in [2.45, 2.75) is 20.3 Å². The Labute approximate surface area is 179 Å². The number of carbonyl (C=O) groups is 1. The van der Waals surface area contributed by atoms with Gasteiger partial charge in [-0.05, 0) is 31.5 Å². The van der Waals surface area contributed by atoms with Gasteiger partial charge in [-0.2, -0.15) is 0 Å². The second-order valence-electron chi connectivity index (χ2n) is 7.41. The lowest BCUT2D eigenvalue weighted by molar-refractivity contribution is -0.120. The highest BCUT2D eigenvalue weighted by Gasteiger charge is 2.15. The molecule has 0 aliphatic heterocycles. The molecule has 0 aliphatic carbocycles. The summed E-state index contributed by atoms with van der Waals surface area (Å²) < 4.78 is 6.99. The van der Waals surface area contributed by atoms with Crippen LogP contribution in [0.25, 0.3) is 16.8 Å². The first-order valence-electron chi connectivity index (χ1n) is 10.1. The molecular formula is C24H24N4O3. The number of aromatic amines is 1. The Morgan fingerprint density at radius 3 is 2.58 bits per heavy atom. The molecule has 0 unspecified atom stereocenters. The number of benzene rings is 2. The minimum absolute atomic E-state index is 0.0225. The van der Waals surface area contributed by atoms with Crippen LogP contribution in [0.1, 0.15) is 17.0 Å². The van der Waals surface area contributed by atoms with Gasteiger partial charge in [0, 0.05) is 17.3 Å². The number of hydrogen-bond acceptors (Lipinski definition) is 4. The smallest absolute Gasteiger partial charge is 0.272 e. The number of para-hydroxylation sites is 1. The van der Waals surface area contributed by atoms with Crippen molar-refractivity contribution in [2.75, 3.05) is 13.2 Å². The topological polar surface area (TPSA) is 88.5 Å². The molecule has 2 aromatic carbocycles. The SMILES string of the molecule is Cc1ccc(-c2c(C)[nH]n3c(=O)cc(CC(=O)NCCOc4ccccc4)nc23)cc1. The Balaban J connectivity index is 1.48. The van der Waals surface area contributed by atoms with Crippen molar-refractivity contribution in [3.05, 3.63) is 88.0 Å². The number of hydrogen-bond donors (Lipinski definition) is 2. The number of fused-ring (bicyclic) bond motifs is 1. The van der Waals surface area contributed by atoms with Crippen LogP contribution in [-0.2, 0) is 11.2 Å². The fourth-order valence-electron chi connectivity index (χ4n) is 3.46. The summed E-state index contributed by atoms with van der Waals surface area (Å²) in [5.41, 5.74) is 4.52. The van der Waals surface area contributed by atoms with Crippen LogP contribution < -0.4 is 15.6 Å². The zero-order chi connectivity index (χ0) is 21.8. The molecule has 2 heterocycles. The number of aromatic nitrogens is 3. The maximum Gasteiger partial charge on any atom is 0.272 e. The summed E-state index contributed by atoms with van der Waals surface area (Å²) in [5, 5.41) is 5.88. The van der Waals surface area contributed by atoms with Crippen molar-refractivity contribution in [1.29, 1.82) is 0 Å². The first kappa shape index (κ1) is 20.4. The Bertz CT molecular complexity index is 1260. The van der Waals surface area contributed by atoms with E-state index >= 15 is 0 Å². The van der Waals surface area contributed by atoms with Crippen molar-refractivity contribution < 1.29 is 9.53 Å². The molecule has 0 atom stereocenters. The Morgan fingerprint density at radius 2 is 1.84 bits per heavy atom. The zero-order valence-electron chi connectivity index (χ0n) is 17.5. The number of aryl methyl sites for hydroxylation is 2. The summed E-state index contributed by atoms with van der Waals surface area (Å²) in [6, 6.07) is 18.9. The number of nitrogens with zero attached hydrogens (tertiary/aromatic N) is 2. The number of carbonyl (C=O) groups excluding carboxylic acids is 1. The number of nitrogens with one attached hydrogen (secondary N) is 2. The van der Waals surface area contributed by atoms with Gasteiger partial charge in [0.25, 0.3) is 5.56 Å². The highest BCUT2D eigenvalue weighted by molar-refractivity contribution is 5.81. The van der Waals surface area contributed by atoms with E-state index in [0.717, 1.165) is 28.1 Å². The number of H-pyrrole nitrogens is 1. The van der Waals surface area contributed by atoms with E-state index in [2.05, 4.69) is 15.4 Å². The van der Waals surface area contributed by atoms with E-state index in [1.807, 2.05) is 68.4 Å². The second kappa shape index (κ2) is 8.87. The molecule has 31 heavy (non-hydrogen) atoms. The van der Waals surface area contributed by atoms with E-state index in [0.29, 0.717) is 24.5 Å². The van der Waals surface area contributed by atoms with E-state index in [4.69, 9.17) is 4.74 Å². The lowest BCUT2D eigenvalue weighted by atomic mass is 10.0. The van der Waals surface area contributed by atoms with Crippen LogP contribution in [0.3, 0.4) is 0 Å². The number of ether oxygens (including phenoxy) is 1. The molecule has 4 rings (SSSR count). The highest BCUT2D eigenvalue weighted by atomic mass is 16.5. The summed E-state index contributed by atoms with van der Waals surface area (Å²) in [6.07, 6.45) is 0.0225. The van der Waals surface area contributed by atoms with Gasteiger partial charge in [0.15, 0.2) is 5.65 Å². The van der Waals surface area contributed by atoms with Crippen LogP contribution in [-0.4, -0.2) is 33.7 Å². The van der Waals surface area contributed by atoms with Crippen LogP contribution in [0.5, 0.6) is 5.75 Å². The molecule has 0 fully saturated rings. The van der Waals surface area contributed by atoms with Crippen LogP contribution in [0, 0.1) is 13.8 Å². The second-order valence-corrected chi connectivity index (χ2v) is 7.41. The maximum absolute atomic E-state index is 12.6.